The van der Waals surface area contributed by atoms with Gasteiger partial charge in [0.15, 0.2) is 6.10 Å². The summed E-state index contributed by atoms with van der Waals surface area (Å²) in [4.78, 5) is 34.8. The maximum Gasteiger partial charge on any atom is 0.472 e. The van der Waals surface area contributed by atoms with Crippen LogP contribution in [-0.4, -0.2) is 49.3 Å². The highest BCUT2D eigenvalue weighted by atomic mass is 31.2. The molecule has 0 heterocycles. The molecule has 0 aromatic rings. The fraction of sp³-hybridized carbons (Fsp3) is 0.767. The number of carbonyl (C=O) groups excluding carboxylic acids is 2. The molecular weight excluding hydrogens is 689 g/mol. The zero-order valence-electron chi connectivity index (χ0n) is 33.7. The van der Waals surface area contributed by atoms with Crippen molar-refractivity contribution in [3.8, 4) is 0 Å². The third kappa shape index (κ3) is 39.5. The molecule has 0 aliphatic heterocycles. The molecule has 0 saturated heterocycles. The minimum absolute atomic E-state index is 0.0459. The molecule has 10 heteroatoms. The van der Waals surface area contributed by atoms with Gasteiger partial charge in [0.1, 0.15) is 6.61 Å². The normalized spacial score (nSPS) is 13.8. The van der Waals surface area contributed by atoms with Crippen LogP contribution >= 0.6 is 7.82 Å². The Morgan fingerprint density at radius 3 is 1.51 bits per heavy atom. The van der Waals surface area contributed by atoms with E-state index in [-0.39, 0.29) is 32.6 Å². The highest BCUT2D eigenvalue weighted by molar-refractivity contribution is 7.47. The van der Waals surface area contributed by atoms with Crippen molar-refractivity contribution in [3.63, 3.8) is 0 Å². The topological polar surface area (TPSA) is 134 Å². The van der Waals surface area contributed by atoms with E-state index in [4.69, 9.17) is 24.3 Å². The summed E-state index contributed by atoms with van der Waals surface area (Å²) < 4.78 is 32.7. The molecule has 2 unspecified atom stereocenters. The first-order valence-corrected chi connectivity index (χ1v) is 22.6. The number of esters is 2. The summed E-state index contributed by atoms with van der Waals surface area (Å²) in [6.45, 7) is 3.64. The largest absolute Gasteiger partial charge is 0.472 e. The van der Waals surface area contributed by atoms with Crippen LogP contribution in [0.4, 0.5) is 0 Å². The molecule has 9 nitrogen and oxygen atoms in total. The number of unbranched alkanes of at least 4 members (excludes halogenated alkanes) is 18. The van der Waals surface area contributed by atoms with Crippen LogP contribution in [0.3, 0.4) is 0 Å². The molecule has 308 valence electrons. The van der Waals surface area contributed by atoms with E-state index >= 15 is 0 Å². The number of ether oxygens (including phenoxy) is 2. The highest BCUT2D eigenvalue weighted by Gasteiger charge is 2.25. The molecule has 0 aliphatic rings. The minimum atomic E-state index is -4.39. The van der Waals surface area contributed by atoms with Crippen LogP contribution in [-0.2, 0) is 32.7 Å². The summed E-state index contributed by atoms with van der Waals surface area (Å²) in [5.74, 6) is -0.892. The second kappa shape index (κ2) is 39.7. The van der Waals surface area contributed by atoms with E-state index in [1.54, 1.807) is 0 Å². The molecule has 0 fully saturated rings. The summed E-state index contributed by atoms with van der Waals surface area (Å²) >= 11 is 0. The summed E-state index contributed by atoms with van der Waals surface area (Å²) in [6, 6.07) is 0. The quantitative estimate of drug-likeness (QED) is 0.0271. The summed E-state index contributed by atoms with van der Waals surface area (Å²) in [6.07, 6.45) is 44.3. The van der Waals surface area contributed by atoms with Crippen molar-refractivity contribution in [2.45, 2.75) is 187 Å². The molecule has 0 aromatic carbocycles. The Bertz CT molecular complexity index is 1010. The van der Waals surface area contributed by atoms with Gasteiger partial charge in [-0.1, -0.05) is 165 Å². The Labute approximate surface area is 324 Å². The van der Waals surface area contributed by atoms with Crippen molar-refractivity contribution in [3.05, 3.63) is 48.6 Å². The van der Waals surface area contributed by atoms with Gasteiger partial charge >= 0.3 is 19.8 Å². The Kier molecular flexibility index (Phi) is 38.1. The number of nitrogens with two attached hydrogens (primary N) is 1. The number of phosphoric acid groups is 1. The van der Waals surface area contributed by atoms with E-state index in [1.165, 1.54) is 96.3 Å². The Morgan fingerprint density at radius 2 is 1.00 bits per heavy atom. The number of phosphoric ester groups is 1. The van der Waals surface area contributed by atoms with Crippen LogP contribution in [0, 0.1) is 0 Å². The Balaban J connectivity index is 4.26. The van der Waals surface area contributed by atoms with Gasteiger partial charge < -0.3 is 20.1 Å². The van der Waals surface area contributed by atoms with Crippen LogP contribution < -0.4 is 5.73 Å². The fourth-order valence-electron chi connectivity index (χ4n) is 5.57. The zero-order chi connectivity index (χ0) is 38.9. The first-order valence-electron chi connectivity index (χ1n) is 21.1. The number of hydrogen-bond acceptors (Lipinski definition) is 8. The van der Waals surface area contributed by atoms with Crippen LogP contribution in [0.1, 0.15) is 181 Å². The monoisotopic (exact) mass is 768 g/mol. The summed E-state index contributed by atoms with van der Waals surface area (Å²) in [5.41, 5.74) is 5.34. The van der Waals surface area contributed by atoms with E-state index in [0.717, 1.165) is 44.9 Å². The molecule has 0 aliphatic carbocycles. The van der Waals surface area contributed by atoms with E-state index in [9.17, 15) is 19.0 Å². The summed E-state index contributed by atoms with van der Waals surface area (Å²) in [7, 11) is -4.39. The van der Waals surface area contributed by atoms with Crippen LogP contribution in [0.25, 0.3) is 0 Å². The summed E-state index contributed by atoms with van der Waals surface area (Å²) in [5, 5.41) is 0. The second-order valence-corrected chi connectivity index (χ2v) is 15.3. The third-order valence-electron chi connectivity index (χ3n) is 8.72. The molecule has 0 spiro atoms. The third-order valence-corrected chi connectivity index (χ3v) is 9.70. The average molecular weight is 768 g/mol. The van der Waals surface area contributed by atoms with Gasteiger partial charge in [-0.25, -0.2) is 4.57 Å². The van der Waals surface area contributed by atoms with E-state index in [0.29, 0.717) is 12.8 Å². The van der Waals surface area contributed by atoms with Gasteiger partial charge in [-0.2, -0.15) is 0 Å². The molecule has 3 N–H and O–H groups in total. The number of allylic oxidation sites excluding steroid dienone is 8. The lowest BCUT2D eigenvalue weighted by molar-refractivity contribution is -0.161. The zero-order valence-corrected chi connectivity index (χ0v) is 34.6. The molecule has 0 bridgehead atoms. The van der Waals surface area contributed by atoms with Gasteiger partial charge in [0, 0.05) is 19.4 Å². The lowest BCUT2D eigenvalue weighted by atomic mass is 10.0. The van der Waals surface area contributed by atoms with Crippen molar-refractivity contribution in [2.75, 3.05) is 26.4 Å². The van der Waals surface area contributed by atoms with Crippen molar-refractivity contribution < 1.29 is 37.6 Å². The molecule has 0 aromatic heterocycles. The lowest BCUT2D eigenvalue weighted by Gasteiger charge is -2.19. The molecule has 0 saturated carbocycles. The number of carbonyl (C=O) groups is 2. The van der Waals surface area contributed by atoms with Gasteiger partial charge in [0.25, 0.3) is 0 Å². The van der Waals surface area contributed by atoms with Crippen molar-refractivity contribution >= 4 is 19.8 Å². The maximum absolute atomic E-state index is 12.6. The Morgan fingerprint density at radius 1 is 0.566 bits per heavy atom. The van der Waals surface area contributed by atoms with Gasteiger partial charge in [-0.3, -0.25) is 18.6 Å². The standard InChI is InChI=1S/C43H78NO8P/c1-3-5-7-9-11-13-15-17-19-20-22-23-25-27-29-31-33-35-42(45)49-39-41(40-51-53(47,48)50-38-37-44)52-43(46)36-34-32-30-28-26-24-21-18-16-14-12-10-8-6-4-2/h11,13,17,19,22-23,27,29,41H,3-10,12,14-16,18,20-21,24-26,28,30-40,44H2,1-2H3,(H,47,48)/b13-11-,19-17-,23-22-,29-27-. The molecule has 0 radical (unpaired) electrons. The first kappa shape index (κ1) is 51.0. The minimum Gasteiger partial charge on any atom is -0.462 e. The molecular formula is C43H78NO8P. The van der Waals surface area contributed by atoms with Crippen LogP contribution in [0.5, 0.6) is 0 Å². The lowest BCUT2D eigenvalue weighted by Crippen LogP contribution is -2.29. The van der Waals surface area contributed by atoms with E-state index < -0.39 is 32.5 Å². The van der Waals surface area contributed by atoms with Crippen molar-refractivity contribution in [2.24, 2.45) is 5.73 Å². The Hall–Kier alpha value is -2.03. The second-order valence-electron chi connectivity index (χ2n) is 13.9. The number of hydrogen-bond donors (Lipinski definition) is 2. The molecule has 53 heavy (non-hydrogen) atoms. The first-order chi connectivity index (χ1) is 25.8. The molecule has 2 atom stereocenters. The number of rotatable bonds is 39. The average Bonchev–Trinajstić information content (AvgIpc) is 3.14. The van der Waals surface area contributed by atoms with Gasteiger partial charge in [-0.05, 0) is 51.4 Å². The van der Waals surface area contributed by atoms with Crippen molar-refractivity contribution in [1.29, 1.82) is 0 Å². The smallest absolute Gasteiger partial charge is 0.462 e. The van der Waals surface area contributed by atoms with Gasteiger partial charge in [-0.15, -0.1) is 0 Å². The predicted molar refractivity (Wildman–Crippen MR) is 220 cm³/mol. The van der Waals surface area contributed by atoms with E-state index in [1.807, 2.05) is 6.08 Å². The van der Waals surface area contributed by atoms with Gasteiger partial charge in [0.05, 0.1) is 13.2 Å². The predicted octanol–water partition coefficient (Wildman–Crippen LogP) is 11.9. The fourth-order valence-corrected chi connectivity index (χ4v) is 6.33. The highest BCUT2D eigenvalue weighted by Crippen LogP contribution is 2.43. The molecule has 0 rings (SSSR count). The SMILES string of the molecule is CCCCC/C=C\C/C=C\C/C=C\C/C=C\CCCC(=O)OCC(COP(=O)(O)OCCN)OC(=O)CCCCCCCCCCCCCCCCC. The van der Waals surface area contributed by atoms with Crippen LogP contribution in [0.2, 0.25) is 0 Å². The van der Waals surface area contributed by atoms with E-state index in [2.05, 4.69) is 56.4 Å². The van der Waals surface area contributed by atoms with Crippen LogP contribution in [0.15, 0.2) is 48.6 Å². The van der Waals surface area contributed by atoms with Crippen molar-refractivity contribution in [1.82, 2.24) is 0 Å². The maximum atomic E-state index is 12.6. The van der Waals surface area contributed by atoms with Gasteiger partial charge in [0.2, 0.25) is 0 Å². The molecule has 0 amide bonds.